The highest BCUT2D eigenvalue weighted by atomic mass is 14.3. The smallest absolute Gasteiger partial charge is 0.00819 e. The first kappa shape index (κ1) is 9.90. The molecule has 0 atom stereocenters. The van der Waals surface area contributed by atoms with E-state index in [1.165, 1.54) is 33.4 Å². The molecule has 0 nitrogen and oxygen atoms in total. The maximum Gasteiger partial charge on any atom is -0.00819 e. The van der Waals surface area contributed by atoms with Crippen LogP contribution in [0.2, 0.25) is 0 Å². The van der Waals surface area contributed by atoms with E-state index in [1.807, 2.05) is 0 Å². The second-order valence-electron chi connectivity index (χ2n) is 4.96. The van der Waals surface area contributed by atoms with Crippen LogP contribution in [0.5, 0.6) is 0 Å². The first-order chi connectivity index (χ1) is 8.93. The van der Waals surface area contributed by atoms with Gasteiger partial charge >= 0.3 is 0 Å². The standard InChI is InChI=1S/C18H14/c1-3-7-15-13(5-1)9-11-17(15)18-12-10-14-6-2-4-8-16(14)18/h1-8,11-12H,9-10H2. The van der Waals surface area contributed by atoms with Gasteiger partial charge in [-0.3, -0.25) is 0 Å². The number of hydrogen-bond acceptors (Lipinski definition) is 0. The van der Waals surface area contributed by atoms with Crippen molar-refractivity contribution in [1.29, 1.82) is 0 Å². The Kier molecular flexibility index (Phi) is 2.04. The van der Waals surface area contributed by atoms with Crippen LogP contribution in [0.25, 0.3) is 11.1 Å². The van der Waals surface area contributed by atoms with E-state index in [-0.39, 0.29) is 0 Å². The zero-order valence-corrected chi connectivity index (χ0v) is 10.2. The topological polar surface area (TPSA) is 0 Å². The molecule has 0 aliphatic heterocycles. The SMILES string of the molecule is C1=C(C2=CCc3ccccc32)c2ccccc2C1. The predicted molar refractivity (Wildman–Crippen MR) is 76.2 cm³/mol. The van der Waals surface area contributed by atoms with E-state index < -0.39 is 0 Å². The van der Waals surface area contributed by atoms with Crippen molar-refractivity contribution < 1.29 is 0 Å². The maximum atomic E-state index is 2.37. The molecule has 0 spiro atoms. The third-order valence-electron chi connectivity index (χ3n) is 3.96. The van der Waals surface area contributed by atoms with Crippen LogP contribution in [-0.4, -0.2) is 0 Å². The van der Waals surface area contributed by atoms with Gasteiger partial charge in [0.25, 0.3) is 0 Å². The zero-order valence-electron chi connectivity index (χ0n) is 10.2. The molecule has 18 heavy (non-hydrogen) atoms. The Hall–Kier alpha value is -2.08. The van der Waals surface area contributed by atoms with Gasteiger partial charge in [0.2, 0.25) is 0 Å². The Balaban J connectivity index is 1.84. The molecule has 0 bridgehead atoms. The second-order valence-corrected chi connectivity index (χ2v) is 4.96. The van der Waals surface area contributed by atoms with Crippen molar-refractivity contribution in [2.24, 2.45) is 0 Å². The van der Waals surface area contributed by atoms with Crippen molar-refractivity contribution in [3.63, 3.8) is 0 Å². The van der Waals surface area contributed by atoms with Crippen LogP contribution < -0.4 is 0 Å². The predicted octanol–water partition coefficient (Wildman–Crippen LogP) is 4.27. The molecule has 2 aliphatic rings. The van der Waals surface area contributed by atoms with E-state index in [2.05, 4.69) is 60.7 Å². The van der Waals surface area contributed by atoms with Gasteiger partial charge in [-0.1, -0.05) is 60.7 Å². The highest BCUT2D eigenvalue weighted by molar-refractivity contribution is 6.08. The third kappa shape index (κ3) is 1.32. The van der Waals surface area contributed by atoms with E-state index in [4.69, 9.17) is 0 Å². The van der Waals surface area contributed by atoms with Crippen molar-refractivity contribution in [2.45, 2.75) is 12.8 Å². The summed E-state index contributed by atoms with van der Waals surface area (Å²) in [4.78, 5) is 0. The fraction of sp³-hybridized carbons (Fsp3) is 0.111. The molecule has 0 heterocycles. The van der Waals surface area contributed by atoms with Gasteiger partial charge in [0.1, 0.15) is 0 Å². The van der Waals surface area contributed by atoms with Gasteiger partial charge in [-0.2, -0.15) is 0 Å². The molecule has 2 aromatic rings. The molecule has 0 saturated heterocycles. The maximum absolute atomic E-state index is 2.37. The largest absolute Gasteiger partial charge is 0.0716 e. The van der Waals surface area contributed by atoms with Crippen LogP contribution in [0.1, 0.15) is 22.3 Å². The lowest BCUT2D eigenvalue weighted by molar-refractivity contribution is 1.31. The number of fused-ring (bicyclic) bond motifs is 2. The fourth-order valence-electron chi connectivity index (χ4n) is 3.08. The van der Waals surface area contributed by atoms with E-state index in [0.717, 1.165) is 12.8 Å². The normalized spacial score (nSPS) is 16.0. The van der Waals surface area contributed by atoms with E-state index in [1.54, 1.807) is 0 Å². The van der Waals surface area contributed by atoms with E-state index >= 15 is 0 Å². The van der Waals surface area contributed by atoms with Gasteiger partial charge in [0.05, 0.1) is 0 Å². The summed E-state index contributed by atoms with van der Waals surface area (Å²) in [5.74, 6) is 0. The summed E-state index contributed by atoms with van der Waals surface area (Å²) in [5.41, 5.74) is 8.60. The Labute approximate surface area is 107 Å². The minimum Gasteiger partial charge on any atom is -0.0716 e. The van der Waals surface area contributed by atoms with Gasteiger partial charge in [-0.15, -0.1) is 0 Å². The van der Waals surface area contributed by atoms with E-state index in [0.29, 0.717) is 0 Å². The van der Waals surface area contributed by atoms with Crippen molar-refractivity contribution in [1.82, 2.24) is 0 Å². The summed E-state index contributed by atoms with van der Waals surface area (Å²) < 4.78 is 0. The van der Waals surface area contributed by atoms with Crippen molar-refractivity contribution in [3.8, 4) is 0 Å². The highest BCUT2D eigenvalue weighted by Crippen LogP contribution is 2.41. The van der Waals surface area contributed by atoms with Gasteiger partial charge in [0.15, 0.2) is 0 Å². The molecule has 0 saturated carbocycles. The lowest BCUT2D eigenvalue weighted by Gasteiger charge is -2.09. The number of allylic oxidation sites excluding steroid dienone is 4. The average Bonchev–Trinajstić information content (AvgIpc) is 3.01. The molecule has 0 radical (unpaired) electrons. The second kappa shape index (κ2) is 3.71. The fourth-order valence-corrected chi connectivity index (χ4v) is 3.08. The summed E-state index contributed by atoms with van der Waals surface area (Å²) >= 11 is 0. The molecule has 0 heteroatoms. The summed E-state index contributed by atoms with van der Waals surface area (Å²) in [6.07, 6.45) is 6.90. The first-order valence-corrected chi connectivity index (χ1v) is 6.51. The monoisotopic (exact) mass is 230 g/mol. The molecule has 4 rings (SSSR count). The van der Waals surface area contributed by atoms with Gasteiger partial charge < -0.3 is 0 Å². The molecule has 0 fully saturated rings. The average molecular weight is 230 g/mol. The number of benzene rings is 2. The molecule has 0 aromatic heterocycles. The molecule has 2 aliphatic carbocycles. The summed E-state index contributed by atoms with van der Waals surface area (Å²) in [7, 11) is 0. The zero-order chi connectivity index (χ0) is 11.9. The molecule has 0 amide bonds. The summed E-state index contributed by atoms with van der Waals surface area (Å²) in [6.45, 7) is 0. The molecule has 2 aromatic carbocycles. The van der Waals surface area contributed by atoms with Gasteiger partial charge in [-0.05, 0) is 46.2 Å². The molecule has 0 unspecified atom stereocenters. The Morgan fingerprint density at radius 2 is 1.00 bits per heavy atom. The molecular weight excluding hydrogens is 216 g/mol. The molecule has 86 valence electrons. The Morgan fingerprint density at radius 1 is 0.556 bits per heavy atom. The Morgan fingerprint density at radius 3 is 1.50 bits per heavy atom. The number of rotatable bonds is 1. The van der Waals surface area contributed by atoms with E-state index in [9.17, 15) is 0 Å². The first-order valence-electron chi connectivity index (χ1n) is 6.51. The lowest BCUT2D eigenvalue weighted by atomic mass is 9.95. The van der Waals surface area contributed by atoms with Gasteiger partial charge in [-0.25, -0.2) is 0 Å². The minimum absolute atomic E-state index is 1.07. The summed E-state index contributed by atoms with van der Waals surface area (Å²) in [6, 6.07) is 17.5. The van der Waals surface area contributed by atoms with Crippen LogP contribution in [-0.2, 0) is 12.8 Å². The molecular formula is C18H14. The summed E-state index contributed by atoms with van der Waals surface area (Å²) in [5, 5.41) is 0. The van der Waals surface area contributed by atoms with Crippen molar-refractivity contribution in [2.75, 3.05) is 0 Å². The lowest BCUT2D eigenvalue weighted by Crippen LogP contribution is -1.88. The number of hydrogen-bond donors (Lipinski definition) is 0. The van der Waals surface area contributed by atoms with Crippen LogP contribution in [0.3, 0.4) is 0 Å². The van der Waals surface area contributed by atoms with Crippen LogP contribution in [0.4, 0.5) is 0 Å². The molecule has 0 N–H and O–H groups in total. The Bertz CT molecular complexity index is 625. The van der Waals surface area contributed by atoms with Crippen LogP contribution in [0, 0.1) is 0 Å². The highest BCUT2D eigenvalue weighted by Gasteiger charge is 2.21. The van der Waals surface area contributed by atoms with Gasteiger partial charge in [0, 0.05) is 0 Å². The van der Waals surface area contributed by atoms with Crippen LogP contribution in [0.15, 0.2) is 60.7 Å². The van der Waals surface area contributed by atoms with Crippen molar-refractivity contribution in [3.05, 3.63) is 82.9 Å². The minimum atomic E-state index is 1.07. The van der Waals surface area contributed by atoms with Crippen LogP contribution >= 0.6 is 0 Å². The third-order valence-corrected chi connectivity index (χ3v) is 3.96. The van der Waals surface area contributed by atoms with Crippen molar-refractivity contribution >= 4 is 11.1 Å². The quantitative estimate of drug-likeness (QED) is 0.686.